The third-order valence-corrected chi connectivity index (χ3v) is 20.0. The minimum Gasteiger partial charge on any atom is -0.310 e. The maximum atomic E-state index is 2.82. The first-order chi connectivity index (χ1) is 38.8. The summed E-state index contributed by atoms with van der Waals surface area (Å²) in [5.41, 5.74) is 31.1. The quantitative estimate of drug-likeness (QED) is 0.153. The Kier molecular flexibility index (Phi) is 9.62. The Balaban J connectivity index is 1.21. The minimum absolute atomic E-state index is 0.0167. The second-order valence-corrected chi connectivity index (χ2v) is 30.2. The van der Waals surface area contributed by atoms with Gasteiger partial charge in [0.2, 0.25) is 0 Å². The van der Waals surface area contributed by atoms with Crippen molar-refractivity contribution in [3.05, 3.63) is 220 Å². The maximum Gasteiger partial charge on any atom is 0.252 e. The van der Waals surface area contributed by atoms with Gasteiger partial charge in [0.15, 0.2) is 0 Å². The molecule has 1 spiro atoms. The molecule has 0 bridgehead atoms. The van der Waals surface area contributed by atoms with Gasteiger partial charge < -0.3 is 9.13 Å². The first-order valence-electron chi connectivity index (χ1n) is 30.2. The molecule has 0 N–H and O–H groups in total. The van der Waals surface area contributed by atoms with E-state index in [2.05, 4.69) is 283 Å². The Bertz CT molecular complexity index is 4810. The standard InChI is InChI=1S/C79H73BN2/c1-74(2,3)47-30-28-44(29-31-47)54-34-45-22-16-17-23-46(45)35-55(54)60-43-64-73-68-72(60)81-67-33-32-48(75(4,5)6)36-56(67)57-38-50(77(10,11)12)41-65(70(57)81)80(68)66-42-51(78(13,14)15)39-59-58-37-49(76(7,8)9)40-63(69(58)82(73)71(59)66)79(64)61-26-20-18-24-52(61)53-25-19-21-27-62(53)79/h16-43H,1-15H3. The largest absolute Gasteiger partial charge is 0.310 e. The number of nitrogens with zero attached hydrogens (tertiary/aromatic N) is 2. The Morgan fingerprint density at radius 2 is 0.780 bits per heavy atom. The summed E-state index contributed by atoms with van der Waals surface area (Å²) >= 11 is 0. The molecule has 3 aliphatic heterocycles. The molecule has 5 heterocycles. The topological polar surface area (TPSA) is 9.86 Å². The molecule has 12 aromatic rings. The summed E-state index contributed by atoms with van der Waals surface area (Å²) in [6.07, 6.45) is 0. The van der Waals surface area contributed by atoms with E-state index in [1.807, 2.05) is 0 Å². The summed E-state index contributed by atoms with van der Waals surface area (Å²) in [4.78, 5) is 0. The molecular formula is C79H73BN2. The fourth-order valence-corrected chi connectivity index (χ4v) is 15.7. The van der Waals surface area contributed by atoms with Gasteiger partial charge in [0.1, 0.15) is 0 Å². The number of aromatic nitrogens is 2. The van der Waals surface area contributed by atoms with E-state index < -0.39 is 5.41 Å². The summed E-state index contributed by atoms with van der Waals surface area (Å²) in [6, 6.07) is 68.5. The highest BCUT2D eigenvalue weighted by molar-refractivity contribution is 7.00. The normalized spacial score (nSPS) is 14.8. The summed E-state index contributed by atoms with van der Waals surface area (Å²) < 4.78 is 5.60. The van der Waals surface area contributed by atoms with Crippen LogP contribution < -0.4 is 16.4 Å². The Hall–Kier alpha value is -7.88. The van der Waals surface area contributed by atoms with Crippen LogP contribution in [0.15, 0.2) is 170 Å². The van der Waals surface area contributed by atoms with Gasteiger partial charge in [-0.1, -0.05) is 225 Å². The highest BCUT2D eigenvalue weighted by atomic mass is 15.1. The van der Waals surface area contributed by atoms with E-state index in [4.69, 9.17) is 0 Å². The Morgan fingerprint density at radius 3 is 1.34 bits per heavy atom. The van der Waals surface area contributed by atoms with Crippen LogP contribution in [0.1, 0.15) is 154 Å². The number of hydrogen-bond donors (Lipinski definition) is 0. The van der Waals surface area contributed by atoms with Gasteiger partial charge in [0.05, 0.1) is 22.1 Å². The minimum atomic E-state index is -0.667. The first kappa shape index (κ1) is 49.9. The third kappa shape index (κ3) is 6.43. The van der Waals surface area contributed by atoms with Crippen molar-refractivity contribution in [2.24, 2.45) is 0 Å². The molecule has 16 rings (SSSR count). The second-order valence-electron chi connectivity index (χ2n) is 30.2. The van der Waals surface area contributed by atoms with Crippen LogP contribution in [-0.4, -0.2) is 15.8 Å². The fourth-order valence-electron chi connectivity index (χ4n) is 15.7. The van der Waals surface area contributed by atoms with Crippen LogP contribution in [0, 0.1) is 0 Å². The Labute approximate surface area is 484 Å². The number of rotatable bonds is 2. The van der Waals surface area contributed by atoms with Gasteiger partial charge in [0.25, 0.3) is 6.71 Å². The van der Waals surface area contributed by atoms with Crippen LogP contribution in [0.3, 0.4) is 0 Å². The maximum absolute atomic E-state index is 2.82. The van der Waals surface area contributed by atoms with Gasteiger partial charge in [-0.25, -0.2) is 0 Å². The fraction of sp³-hybridized carbons (Fsp3) is 0.266. The summed E-state index contributed by atoms with van der Waals surface area (Å²) in [7, 11) is 0. The average molecular weight is 1060 g/mol. The molecule has 0 saturated heterocycles. The van der Waals surface area contributed by atoms with Gasteiger partial charge in [-0.3, -0.25) is 0 Å². The Morgan fingerprint density at radius 1 is 0.317 bits per heavy atom. The zero-order valence-corrected chi connectivity index (χ0v) is 50.6. The van der Waals surface area contributed by atoms with E-state index in [-0.39, 0.29) is 33.8 Å². The van der Waals surface area contributed by atoms with Crippen LogP contribution >= 0.6 is 0 Å². The lowest BCUT2D eigenvalue weighted by molar-refractivity contribution is 0.588. The summed E-state index contributed by atoms with van der Waals surface area (Å²) in [5, 5.41) is 7.88. The van der Waals surface area contributed by atoms with Crippen molar-refractivity contribution in [2.75, 3.05) is 0 Å². The lowest BCUT2D eigenvalue weighted by Gasteiger charge is -2.45. The van der Waals surface area contributed by atoms with Gasteiger partial charge in [-0.05, 0) is 181 Å². The molecule has 0 atom stereocenters. The third-order valence-electron chi connectivity index (χ3n) is 20.0. The van der Waals surface area contributed by atoms with E-state index in [0.717, 1.165) is 0 Å². The lowest BCUT2D eigenvalue weighted by atomic mass is 9.33. The summed E-state index contributed by atoms with van der Waals surface area (Å²) in [6.45, 7) is 35.7. The molecule has 82 heavy (non-hydrogen) atoms. The SMILES string of the molecule is CC(C)(C)c1ccc(-c2cc3ccccc3cc2-c2cc3c4c5c2-n2c6ccc(C(C)(C)C)cc6c6cc(C(C)(C)C)cc(c62)B5c2cc(C(C)(C)C)cc5c6cc(C(C)(C)C)cc(c6n-4c25)C32c3ccccc3-c3ccccc32)cc1. The van der Waals surface area contributed by atoms with Crippen molar-refractivity contribution in [3.8, 4) is 44.8 Å². The van der Waals surface area contributed by atoms with Crippen LogP contribution in [-0.2, 0) is 32.5 Å². The van der Waals surface area contributed by atoms with Crippen molar-refractivity contribution >= 4 is 77.5 Å². The highest BCUT2D eigenvalue weighted by Gasteiger charge is 2.55. The van der Waals surface area contributed by atoms with E-state index in [0.29, 0.717) is 0 Å². The number of benzene rings is 10. The molecule has 0 saturated carbocycles. The van der Waals surface area contributed by atoms with E-state index in [1.165, 1.54) is 166 Å². The van der Waals surface area contributed by atoms with Crippen LogP contribution in [0.4, 0.5) is 0 Å². The van der Waals surface area contributed by atoms with Crippen molar-refractivity contribution in [1.29, 1.82) is 0 Å². The predicted molar refractivity (Wildman–Crippen MR) is 353 cm³/mol. The van der Waals surface area contributed by atoms with E-state index >= 15 is 0 Å². The molecule has 1 aliphatic carbocycles. The molecule has 0 amide bonds. The van der Waals surface area contributed by atoms with Crippen molar-refractivity contribution in [2.45, 2.75) is 136 Å². The first-order valence-corrected chi connectivity index (χ1v) is 30.2. The average Bonchev–Trinajstić information content (AvgIpc) is 1.44. The molecule has 2 nitrogen and oxygen atoms in total. The summed E-state index contributed by atoms with van der Waals surface area (Å²) in [5.74, 6) is 0. The molecular weight excluding hydrogens is 988 g/mol. The molecule has 0 fully saturated rings. The van der Waals surface area contributed by atoms with Crippen molar-refractivity contribution in [3.63, 3.8) is 0 Å². The van der Waals surface area contributed by atoms with Gasteiger partial charge in [-0.2, -0.15) is 0 Å². The highest BCUT2D eigenvalue weighted by Crippen LogP contribution is 2.63. The molecule has 402 valence electrons. The van der Waals surface area contributed by atoms with Gasteiger partial charge in [0, 0.05) is 43.8 Å². The zero-order chi connectivity index (χ0) is 56.9. The van der Waals surface area contributed by atoms with Crippen LogP contribution in [0.2, 0.25) is 0 Å². The van der Waals surface area contributed by atoms with Gasteiger partial charge in [-0.15, -0.1) is 0 Å². The van der Waals surface area contributed by atoms with Crippen molar-refractivity contribution in [1.82, 2.24) is 9.13 Å². The molecule has 2 aromatic heterocycles. The van der Waals surface area contributed by atoms with Crippen molar-refractivity contribution < 1.29 is 0 Å². The zero-order valence-electron chi connectivity index (χ0n) is 50.6. The number of fused-ring (bicyclic) bond motifs is 15. The van der Waals surface area contributed by atoms with Gasteiger partial charge >= 0.3 is 0 Å². The smallest absolute Gasteiger partial charge is 0.252 e. The lowest BCUT2D eigenvalue weighted by Crippen LogP contribution is -2.61. The monoisotopic (exact) mass is 1060 g/mol. The molecule has 4 aliphatic rings. The van der Waals surface area contributed by atoms with Crippen LogP contribution in [0.25, 0.3) is 99.1 Å². The molecule has 0 unspecified atom stereocenters. The predicted octanol–water partition coefficient (Wildman–Crippen LogP) is 18.7. The molecule has 3 heteroatoms. The second kappa shape index (κ2) is 15.8. The molecule has 10 aromatic carbocycles. The molecule has 0 radical (unpaired) electrons. The van der Waals surface area contributed by atoms with E-state index in [9.17, 15) is 0 Å². The van der Waals surface area contributed by atoms with E-state index in [1.54, 1.807) is 0 Å². The van der Waals surface area contributed by atoms with Crippen LogP contribution in [0.5, 0.6) is 0 Å². The number of hydrogen-bond acceptors (Lipinski definition) is 0.